The molecule has 27 heavy (non-hydrogen) atoms. The molecule has 1 nitrogen and oxygen atoms in total. The van der Waals surface area contributed by atoms with Crippen molar-refractivity contribution in [2.45, 2.75) is 38.3 Å². The zero-order chi connectivity index (χ0) is 20.8. The Balaban J connectivity index is 2.93. The second-order valence-corrected chi connectivity index (χ2v) is 6.04. The molecule has 0 spiro atoms. The third-order valence-corrected chi connectivity index (χ3v) is 3.78. The third kappa shape index (κ3) is 4.36. The maximum Gasteiger partial charge on any atom is 0.417 e. The summed E-state index contributed by atoms with van der Waals surface area (Å²) >= 11 is 0. The molecule has 0 unspecified atom stereocenters. The summed E-state index contributed by atoms with van der Waals surface area (Å²) in [5, 5.41) is 0. The van der Waals surface area contributed by atoms with Crippen molar-refractivity contribution in [3.63, 3.8) is 0 Å². The van der Waals surface area contributed by atoms with Crippen molar-refractivity contribution >= 4 is 0 Å². The van der Waals surface area contributed by atoms with Gasteiger partial charge in [0, 0.05) is 11.8 Å². The lowest BCUT2D eigenvalue weighted by molar-refractivity contribution is -0.142. The Hall–Kier alpha value is -2.26. The molecular weight excluding hydrogens is 389 g/mol. The van der Waals surface area contributed by atoms with Crippen molar-refractivity contribution in [1.29, 1.82) is 0 Å². The number of aromatic nitrogens is 1. The molecule has 0 aliphatic carbocycles. The van der Waals surface area contributed by atoms with Gasteiger partial charge in [0.15, 0.2) is 0 Å². The van der Waals surface area contributed by atoms with Gasteiger partial charge in [-0.15, -0.1) is 0 Å². The molecule has 0 saturated carbocycles. The molecule has 0 aliphatic rings. The van der Waals surface area contributed by atoms with Crippen LogP contribution in [-0.2, 0) is 18.5 Å². The van der Waals surface area contributed by atoms with Crippen LogP contribution >= 0.6 is 0 Å². The van der Waals surface area contributed by atoms with Crippen LogP contribution in [0.4, 0.5) is 39.5 Å². The number of nitrogens with zero attached hydrogens (tertiary/aromatic N) is 1. The summed E-state index contributed by atoms with van der Waals surface area (Å²) in [6.07, 6.45) is -14.9. The van der Waals surface area contributed by atoms with Crippen LogP contribution in [0.15, 0.2) is 30.5 Å². The fourth-order valence-electron chi connectivity index (χ4n) is 2.57. The van der Waals surface area contributed by atoms with Crippen LogP contribution in [0, 0.1) is 0 Å². The Kier molecular flexibility index (Phi) is 5.24. The maximum absolute atomic E-state index is 13.3. The SMILES string of the molecule is CC(C)c1cc(C(F)(F)F)cnc1-c1c(C(F)(F)F)cccc1C(F)(F)F. The fourth-order valence-corrected chi connectivity index (χ4v) is 2.57. The summed E-state index contributed by atoms with van der Waals surface area (Å²) in [6.45, 7) is 2.70. The molecule has 0 N–H and O–H groups in total. The van der Waals surface area contributed by atoms with Gasteiger partial charge in [-0.1, -0.05) is 19.9 Å². The monoisotopic (exact) mass is 401 g/mol. The van der Waals surface area contributed by atoms with Gasteiger partial charge in [0.2, 0.25) is 0 Å². The second-order valence-electron chi connectivity index (χ2n) is 6.04. The van der Waals surface area contributed by atoms with Crippen LogP contribution in [0.25, 0.3) is 11.3 Å². The largest absolute Gasteiger partial charge is 0.417 e. The molecule has 0 bridgehead atoms. The minimum Gasteiger partial charge on any atom is -0.255 e. The first kappa shape index (κ1) is 21.0. The normalized spacial score (nSPS) is 13.3. The standard InChI is InChI=1S/C17H12F9N/c1-8(2)10-6-9(15(18,19)20)7-27-14(10)13-11(16(21,22)23)4-3-5-12(13)17(24,25)26/h3-8H,1-2H3. The summed E-state index contributed by atoms with van der Waals surface area (Å²) in [7, 11) is 0. The first-order chi connectivity index (χ1) is 12.1. The molecular formula is C17H12F9N. The van der Waals surface area contributed by atoms with E-state index in [0.29, 0.717) is 24.3 Å². The molecule has 1 aromatic carbocycles. The number of benzene rings is 1. The Bertz CT molecular complexity index is 798. The number of hydrogen-bond donors (Lipinski definition) is 0. The second kappa shape index (κ2) is 6.72. The highest BCUT2D eigenvalue weighted by Crippen LogP contribution is 2.46. The molecule has 10 heteroatoms. The number of pyridine rings is 1. The van der Waals surface area contributed by atoms with E-state index in [2.05, 4.69) is 4.98 Å². The van der Waals surface area contributed by atoms with Crippen molar-refractivity contribution in [3.05, 3.63) is 52.7 Å². The van der Waals surface area contributed by atoms with Gasteiger partial charge in [-0.05, 0) is 29.7 Å². The van der Waals surface area contributed by atoms with Crippen LogP contribution in [0.2, 0.25) is 0 Å². The Morgan fingerprint density at radius 1 is 0.778 bits per heavy atom. The average molecular weight is 401 g/mol. The van der Waals surface area contributed by atoms with E-state index in [1.807, 2.05) is 0 Å². The molecule has 0 saturated heterocycles. The number of alkyl halides is 9. The van der Waals surface area contributed by atoms with E-state index >= 15 is 0 Å². The topological polar surface area (TPSA) is 12.9 Å². The van der Waals surface area contributed by atoms with Gasteiger partial charge >= 0.3 is 18.5 Å². The highest BCUT2D eigenvalue weighted by molar-refractivity contribution is 5.73. The minimum absolute atomic E-state index is 0.231. The van der Waals surface area contributed by atoms with Gasteiger partial charge in [-0.3, -0.25) is 4.98 Å². The predicted octanol–water partition coefficient (Wildman–Crippen LogP) is 6.93. The smallest absolute Gasteiger partial charge is 0.255 e. The zero-order valence-corrected chi connectivity index (χ0v) is 13.8. The van der Waals surface area contributed by atoms with Gasteiger partial charge in [0.05, 0.1) is 22.4 Å². The third-order valence-electron chi connectivity index (χ3n) is 3.78. The van der Waals surface area contributed by atoms with E-state index in [1.54, 1.807) is 0 Å². The lowest BCUT2D eigenvalue weighted by atomic mass is 9.90. The number of hydrogen-bond acceptors (Lipinski definition) is 1. The molecule has 0 radical (unpaired) electrons. The van der Waals surface area contributed by atoms with Crippen LogP contribution in [0.5, 0.6) is 0 Å². The van der Waals surface area contributed by atoms with Crippen molar-refractivity contribution in [1.82, 2.24) is 4.98 Å². The molecule has 1 heterocycles. The van der Waals surface area contributed by atoms with E-state index in [4.69, 9.17) is 0 Å². The van der Waals surface area contributed by atoms with E-state index in [1.165, 1.54) is 13.8 Å². The molecule has 0 atom stereocenters. The summed E-state index contributed by atoms with van der Waals surface area (Å²) < 4.78 is 119. The van der Waals surface area contributed by atoms with Crippen LogP contribution < -0.4 is 0 Å². The van der Waals surface area contributed by atoms with Gasteiger partial charge in [-0.25, -0.2) is 0 Å². The van der Waals surface area contributed by atoms with Gasteiger partial charge in [-0.2, -0.15) is 39.5 Å². The molecule has 2 aromatic rings. The average Bonchev–Trinajstić information content (AvgIpc) is 2.51. The lowest BCUT2D eigenvalue weighted by Gasteiger charge is -2.22. The first-order valence-corrected chi connectivity index (χ1v) is 7.49. The summed E-state index contributed by atoms with van der Waals surface area (Å²) in [5.74, 6) is -0.808. The van der Waals surface area contributed by atoms with Crippen molar-refractivity contribution in [3.8, 4) is 11.3 Å². The summed E-state index contributed by atoms with van der Waals surface area (Å²) in [5.41, 5.74) is -6.92. The van der Waals surface area contributed by atoms with Crippen molar-refractivity contribution in [2.24, 2.45) is 0 Å². The molecule has 1 aromatic heterocycles. The van der Waals surface area contributed by atoms with Crippen molar-refractivity contribution < 1.29 is 39.5 Å². The zero-order valence-electron chi connectivity index (χ0n) is 13.8. The molecule has 0 fully saturated rings. The lowest BCUT2D eigenvalue weighted by Crippen LogP contribution is -2.16. The fraction of sp³-hybridized carbons (Fsp3) is 0.353. The highest BCUT2D eigenvalue weighted by Gasteiger charge is 2.42. The Morgan fingerprint density at radius 2 is 1.26 bits per heavy atom. The van der Waals surface area contributed by atoms with Gasteiger partial charge < -0.3 is 0 Å². The molecule has 0 aliphatic heterocycles. The van der Waals surface area contributed by atoms with Crippen LogP contribution in [-0.4, -0.2) is 4.98 Å². The predicted molar refractivity (Wildman–Crippen MR) is 78.8 cm³/mol. The summed E-state index contributed by atoms with van der Waals surface area (Å²) in [4.78, 5) is 3.36. The van der Waals surface area contributed by atoms with Crippen LogP contribution in [0.3, 0.4) is 0 Å². The molecule has 0 amide bonds. The van der Waals surface area contributed by atoms with Gasteiger partial charge in [0.25, 0.3) is 0 Å². The number of rotatable bonds is 2. The highest BCUT2D eigenvalue weighted by atomic mass is 19.4. The summed E-state index contributed by atoms with van der Waals surface area (Å²) in [6, 6.07) is 2.00. The van der Waals surface area contributed by atoms with Crippen LogP contribution in [0.1, 0.15) is 42.0 Å². The quantitative estimate of drug-likeness (QED) is 0.498. The Labute approximate surface area is 147 Å². The van der Waals surface area contributed by atoms with Gasteiger partial charge in [0.1, 0.15) is 0 Å². The maximum atomic E-state index is 13.3. The van der Waals surface area contributed by atoms with E-state index in [0.717, 1.165) is 0 Å². The molecule has 148 valence electrons. The first-order valence-electron chi connectivity index (χ1n) is 7.49. The minimum atomic E-state index is -5.16. The van der Waals surface area contributed by atoms with E-state index < -0.39 is 52.4 Å². The Morgan fingerprint density at radius 3 is 1.63 bits per heavy atom. The number of halogens is 9. The van der Waals surface area contributed by atoms with E-state index in [9.17, 15) is 39.5 Å². The van der Waals surface area contributed by atoms with Crippen molar-refractivity contribution in [2.75, 3.05) is 0 Å². The van der Waals surface area contributed by atoms with E-state index in [-0.39, 0.29) is 11.8 Å². The molecule has 2 rings (SSSR count).